The molecule has 0 spiro atoms. The number of nitriles is 2. The lowest BCUT2D eigenvalue weighted by molar-refractivity contribution is 0.0690. The summed E-state index contributed by atoms with van der Waals surface area (Å²) in [5.41, 5.74) is -0.214. The van der Waals surface area contributed by atoms with Crippen molar-refractivity contribution >= 4 is 5.97 Å². The Kier molecular flexibility index (Phi) is 2.69. The third-order valence-electron chi connectivity index (χ3n) is 2.08. The van der Waals surface area contributed by atoms with Crippen molar-refractivity contribution in [1.82, 2.24) is 19.5 Å². The molecule has 0 aliphatic carbocycles. The summed E-state index contributed by atoms with van der Waals surface area (Å²) in [6.45, 7) is 0. The number of carbonyl (C=O) groups is 1. The molecule has 2 aromatic heterocycles. The van der Waals surface area contributed by atoms with E-state index < -0.39 is 5.97 Å². The van der Waals surface area contributed by atoms with Gasteiger partial charge in [-0.2, -0.15) is 10.5 Å². The molecule has 86 valence electrons. The van der Waals surface area contributed by atoms with Gasteiger partial charge in [0.25, 0.3) is 0 Å². The Labute approximate surface area is 100 Å². The molecule has 0 aromatic carbocycles. The van der Waals surface area contributed by atoms with Crippen LogP contribution in [0.1, 0.15) is 21.9 Å². The predicted molar refractivity (Wildman–Crippen MR) is 55.5 cm³/mol. The molecule has 0 fully saturated rings. The van der Waals surface area contributed by atoms with Crippen LogP contribution in [-0.2, 0) is 0 Å². The van der Waals surface area contributed by atoms with E-state index in [4.69, 9.17) is 15.6 Å². The van der Waals surface area contributed by atoms with Gasteiger partial charge in [-0.3, -0.25) is 4.57 Å². The Morgan fingerprint density at radius 1 is 1.22 bits per heavy atom. The van der Waals surface area contributed by atoms with Crippen LogP contribution >= 0.6 is 0 Å². The minimum Gasteiger partial charge on any atom is -0.476 e. The second-order valence-electron chi connectivity index (χ2n) is 3.10. The summed E-state index contributed by atoms with van der Waals surface area (Å²) in [7, 11) is 0. The van der Waals surface area contributed by atoms with Gasteiger partial charge in [-0.25, -0.2) is 19.7 Å². The summed E-state index contributed by atoms with van der Waals surface area (Å²) in [6, 6.07) is 3.59. The van der Waals surface area contributed by atoms with E-state index in [1.165, 1.54) is 17.1 Å². The number of rotatable bonds is 2. The van der Waals surface area contributed by atoms with Crippen molar-refractivity contribution in [2.45, 2.75) is 0 Å². The highest BCUT2D eigenvalue weighted by Crippen LogP contribution is 2.10. The van der Waals surface area contributed by atoms with Crippen LogP contribution in [0.5, 0.6) is 0 Å². The normalized spacial score (nSPS) is 9.44. The monoisotopic (exact) mass is 240 g/mol. The molecule has 8 heteroatoms. The van der Waals surface area contributed by atoms with E-state index in [0.29, 0.717) is 0 Å². The van der Waals surface area contributed by atoms with E-state index in [9.17, 15) is 4.79 Å². The zero-order chi connectivity index (χ0) is 13.1. The fraction of sp³-hybridized carbons (Fsp3) is 0. The SMILES string of the molecule is N#Cc1ncn(-c2cnc(C(=O)O)cn2)c1C#N. The Hall–Kier alpha value is -3.26. The fourth-order valence-corrected chi connectivity index (χ4v) is 1.27. The molecule has 0 atom stereocenters. The first-order valence-corrected chi connectivity index (χ1v) is 4.60. The quantitative estimate of drug-likeness (QED) is 0.788. The fourth-order valence-electron chi connectivity index (χ4n) is 1.27. The molecule has 18 heavy (non-hydrogen) atoms. The number of hydrogen-bond acceptors (Lipinski definition) is 6. The Bertz CT molecular complexity index is 689. The lowest BCUT2D eigenvalue weighted by Crippen LogP contribution is -2.05. The molecule has 0 aliphatic heterocycles. The van der Waals surface area contributed by atoms with E-state index in [1.54, 1.807) is 6.07 Å². The largest absolute Gasteiger partial charge is 0.476 e. The highest BCUT2D eigenvalue weighted by atomic mass is 16.4. The molecule has 0 bridgehead atoms. The van der Waals surface area contributed by atoms with Crippen molar-refractivity contribution in [2.24, 2.45) is 0 Å². The van der Waals surface area contributed by atoms with E-state index in [0.717, 1.165) is 6.20 Å². The van der Waals surface area contributed by atoms with Gasteiger partial charge in [0.2, 0.25) is 0 Å². The summed E-state index contributed by atoms with van der Waals surface area (Å²) in [4.78, 5) is 21.8. The van der Waals surface area contributed by atoms with E-state index >= 15 is 0 Å². The zero-order valence-electron chi connectivity index (χ0n) is 8.77. The van der Waals surface area contributed by atoms with E-state index in [-0.39, 0.29) is 22.9 Å². The van der Waals surface area contributed by atoms with Crippen LogP contribution in [-0.4, -0.2) is 30.6 Å². The number of imidazole rings is 1. The Morgan fingerprint density at radius 3 is 2.50 bits per heavy atom. The average molecular weight is 240 g/mol. The lowest BCUT2D eigenvalue weighted by atomic mass is 10.3. The van der Waals surface area contributed by atoms with E-state index in [2.05, 4.69) is 15.0 Å². The maximum absolute atomic E-state index is 10.6. The summed E-state index contributed by atoms with van der Waals surface area (Å²) in [5, 5.41) is 26.3. The van der Waals surface area contributed by atoms with Gasteiger partial charge in [0.15, 0.2) is 22.9 Å². The van der Waals surface area contributed by atoms with Crippen LogP contribution < -0.4 is 0 Å². The van der Waals surface area contributed by atoms with Gasteiger partial charge in [-0.1, -0.05) is 0 Å². The Balaban J connectivity index is 2.51. The lowest BCUT2D eigenvalue weighted by Gasteiger charge is -2.01. The molecule has 8 nitrogen and oxygen atoms in total. The molecule has 2 heterocycles. The van der Waals surface area contributed by atoms with Gasteiger partial charge in [-0.05, 0) is 0 Å². The molecule has 0 saturated carbocycles. The van der Waals surface area contributed by atoms with E-state index in [1.807, 2.05) is 6.07 Å². The molecule has 0 unspecified atom stereocenters. The predicted octanol–water partition coefficient (Wildman–Crippen LogP) is 0.104. The molecule has 0 radical (unpaired) electrons. The van der Waals surface area contributed by atoms with Gasteiger partial charge in [0.05, 0.1) is 12.4 Å². The molecule has 1 N–H and O–H groups in total. The van der Waals surface area contributed by atoms with Gasteiger partial charge >= 0.3 is 5.97 Å². The third kappa shape index (κ3) is 1.74. The molecule has 0 aliphatic rings. The second-order valence-corrected chi connectivity index (χ2v) is 3.10. The van der Waals surface area contributed by atoms with Crippen LogP contribution in [0.15, 0.2) is 18.7 Å². The summed E-state index contributed by atoms with van der Waals surface area (Å²) in [6.07, 6.45) is 3.50. The first-order chi connectivity index (χ1) is 8.67. The molecule has 2 rings (SSSR count). The first-order valence-electron chi connectivity index (χ1n) is 4.60. The molecule has 0 saturated heterocycles. The van der Waals surface area contributed by atoms with Crippen LogP contribution in [0.25, 0.3) is 5.82 Å². The average Bonchev–Trinajstić information content (AvgIpc) is 2.81. The van der Waals surface area contributed by atoms with Crippen LogP contribution in [0, 0.1) is 22.7 Å². The van der Waals surface area contributed by atoms with Crippen molar-refractivity contribution in [1.29, 1.82) is 10.5 Å². The molecule has 0 amide bonds. The number of aromatic nitrogens is 4. The second kappa shape index (κ2) is 4.31. The molecular formula is C10H4N6O2. The van der Waals surface area contributed by atoms with Crippen LogP contribution in [0.3, 0.4) is 0 Å². The van der Waals surface area contributed by atoms with Crippen molar-refractivity contribution in [2.75, 3.05) is 0 Å². The topological polar surface area (TPSA) is 128 Å². The molecular weight excluding hydrogens is 236 g/mol. The molecule has 2 aromatic rings. The zero-order valence-corrected chi connectivity index (χ0v) is 8.77. The summed E-state index contributed by atoms with van der Waals surface area (Å²) >= 11 is 0. The van der Waals surface area contributed by atoms with Gasteiger partial charge in [-0.15, -0.1) is 0 Å². The van der Waals surface area contributed by atoms with Gasteiger partial charge < -0.3 is 5.11 Å². The maximum atomic E-state index is 10.6. The number of nitrogens with zero attached hydrogens (tertiary/aromatic N) is 6. The number of carboxylic acid groups (broad SMARTS) is 1. The number of aromatic carboxylic acids is 1. The van der Waals surface area contributed by atoms with Gasteiger partial charge in [0.1, 0.15) is 18.5 Å². The van der Waals surface area contributed by atoms with Crippen LogP contribution in [0.2, 0.25) is 0 Å². The number of hydrogen-bond donors (Lipinski definition) is 1. The van der Waals surface area contributed by atoms with Crippen molar-refractivity contribution in [3.8, 4) is 18.0 Å². The standard InChI is InChI=1S/C10H4N6O2/c11-1-6-8(2-12)16(5-15-6)9-4-13-7(3-14-9)10(17)18/h3-5H,(H,17,18). The highest BCUT2D eigenvalue weighted by Gasteiger charge is 2.13. The van der Waals surface area contributed by atoms with Crippen molar-refractivity contribution in [3.05, 3.63) is 35.8 Å². The van der Waals surface area contributed by atoms with Crippen molar-refractivity contribution in [3.63, 3.8) is 0 Å². The third-order valence-corrected chi connectivity index (χ3v) is 2.08. The maximum Gasteiger partial charge on any atom is 0.356 e. The summed E-state index contributed by atoms with van der Waals surface area (Å²) in [5.74, 6) is -0.983. The van der Waals surface area contributed by atoms with Crippen molar-refractivity contribution < 1.29 is 9.90 Å². The minimum atomic E-state index is -1.20. The highest BCUT2D eigenvalue weighted by molar-refractivity contribution is 5.84. The first kappa shape index (κ1) is 11.2. The smallest absolute Gasteiger partial charge is 0.356 e. The van der Waals surface area contributed by atoms with Gasteiger partial charge in [0, 0.05) is 0 Å². The van der Waals surface area contributed by atoms with Crippen LogP contribution in [0.4, 0.5) is 0 Å². The number of carboxylic acids is 1. The minimum absolute atomic E-state index is 0.0230. The summed E-state index contributed by atoms with van der Waals surface area (Å²) < 4.78 is 1.26. The Morgan fingerprint density at radius 2 is 2.00 bits per heavy atom.